The third kappa shape index (κ3) is 4.43. The summed E-state index contributed by atoms with van der Waals surface area (Å²) in [6.07, 6.45) is 1.41. The lowest BCUT2D eigenvalue weighted by atomic mass is 10.2. The summed E-state index contributed by atoms with van der Waals surface area (Å²) >= 11 is 3.33. The van der Waals surface area contributed by atoms with Crippen molar-refractivity contribution in [3.05, 3.63) is 56.5 Å². The van der Waals surface area contributed by atoms with Crippen LogP contribution in [0.25, 0.3) is 0 Å². The van der Waals surface area contributed by atoms with Gasteiger partial charge in [0.25, 0.3) is 0 Å². The minimum absolute atomic E-state index is 0.0480. The van der Waals surface area contributed by atoms with Crippen LogP contribution in [0.4, 0.5) is 11.4 Å². The van der Waals surface area contributed by atoms with E-state index in [9.17, 15) is 15.2 Å². The number of halogens is 1. The SMILES string of the molecule is CCOc1cc(/C=N/Nc2ccc(Br)cc2)cc([N+](=O)[O-])c1O. The summed E-state index contributed by atoms with van der Waals surface area (Å²) in [5.74, 6) is -0.443. The number of hydrogen-bond donors (Lipinski definition) is 2. The van der Waals surface area contributed by atoms with Gasteiger partial charge in [0, 0.05) is 16.1 Å². The van der Waals surface area contributed by atoms with Gasteiger partial charge in [-0.05, 0) is 37.3 Å². The van der Waals surface area contributed by atoms with E-state index in [1.54, 1.807) is 6.92 Å². The summed E-state index contributed by atoms with van der Waals surface area (Å²) < 4.78 is 6.15. The Hall–Kier alpha value is -2.61. The molecule has 0 unspecified atom stereocenters. The molecule has 0 fully saturated rings. The van der Waals surface area contributed by atoms with Crippen molar-refractivity contribution in [2.75, 3.05) is 12.0 Å². The summed E-state index contributed by atoms with van der Waals surface area (Å²) in [6, 6.07) is 10.1. The minimum Gasteiger partial charge on any atom is -0.500 e. The Morgan fingerprint density at radius 3 is 2.70 bits per heavy atom. The Morgan fingerprint density at radius 2 is 2.09 bits per heavy atom. The number of nitro groups is 1. The van der Waals surface area contributed by atoms with E-state index in [0.717, 1.165) is 10.2 Å². The van der Waals surface area contributed by atoms with Crippen molar-refractivity contribution < 1.29 is 14.8 Å². The maximum atomic E-state index is 11.0. The van der Waals surface area contributed by atoms with Crippen LogP contribution in [-0.4, -0.2) is 22.9 Å². The van der Waals surface area contributed by atoms with Crippen LogP contribution >= 0.6 is 15.9 Å². The molecule has 0 bridgehead atoms. The van der Waals surface area contributed by atoms with Gasteiger partial charge in [-0.25, -0.2) is 0 Å². The van der Waals surface area contributed by atoms with Crippen molar-refractivity contribution in [3.63, 3.8) is 0 Å². The Bertz CT molecular complexity index is 732. The van der Waals surface area contributed by atoms with Gasteiger partial charge in [0.15, 0.2) is 5.75 Å². The van der Waals surface area contributed by atoms with Crippen LogP contribution in [0.15, 0.2) is 46.0 Å². The van der Waals surface area contributed by atoms with Crippen LogP contribution in [0.2, 0.25) is 0 Å². The third-order valence-electron chi connectivity index (χ3n) is 2.83. The lowest BCUT2D eigenvalue weighted by Gasteiger charge is -2.07. The number of nitro benzene ring substituents is 1. The first-order chi connectivity index (χ1) is 11.0. The second-order valence-corrected chi connectivity index (χ2v) is 5.37. The quantitative estimate of drug-likeness (QED) is 0.450. The number of hydrazone groups is 1. The molecule has 120 valence electrons. The molecule has 0 heterocycles. The molecule has 0 amide bonds. The number of benzene rings is 2. The zero-order valence-corrected chi connectivity index (χ0v) is 13.8. The van der Waals surface area contributed by atoms with Crippen molar-refractivity contribution in [1.29, 1.82) is 0 Å². The van der Waals surface area contributed by atoms with Gasteiger partial charge in [-0.3, -0.25) is 15.5 Å². The van der Waals surface area contributed by atoms with E-state index in [1.165, 1.54) is 18.3 Å². The molecule has 2 aromatic rings. The second-order valence-electron chi connectivity index (χ2n) is 4.45. The molecule has 23 heavy (non-hydrogen) atoms. The number of nitrogens with zero attached hydrogens (tertiary/aromatic N) is 2. The van der Waals surface area contributed by atoms with E-state index in [0.29, 0.717) is 5.56 Å². The predicted molar refractivity (Wildman–Crippen MR) is 91.3 cm³/mol. The van der Waals surface area contributed by atoms with E-state index in [-0.39, 0.29) is 12.4 Å². The van der Waals surface area contributed by atoms with Gasteiger partial charge in [-0.1, -0.05) is 15.9 Å². The molecule has 0 aromatic heterocycles. The van der Waals surface area contributed by atoms with Gasteiger partial charge >= 0.3 is 5.69 Å². The zero-order valence-electron chi connectivity index (χ0n) is 12.2. The van der Waals surface area contributed by atoms with Gasteiger partial charge in [0.1, 0.15) is 0 Å². The molecular formula is C15H14BrN3O4. The molecule has 8 heteroatoms. The van der Waals surface area contributed by atoms with Gasteiger partial charge in [0.05, 0.1) is 23.4 Å². The van der Waals surface area contributed by atoms with E-state index < -0.39 is 16.4 Å². The summed E-state index contributed by atoms with van der Waals surface area (Å²) in [7, 11) is 0. The van der Waals surface area contributed by atoms with Crippen molar-refractivity contribution in [2.45, 2.75) is 6.92 Å². The number of anilines is 1. The fourth-order valence-corrected chi connectivity index (χ4v) is 2.06. The van der Waals surface area contributed by atoms with Crippen molar-refractivity contribution in [3.8, 4) is 11.5 Å². The maximum absolute atomic E-state index is 11.0. The number of phenols is 1. The standard InChI is InChI=1S/C15H14BrN3O4/c1-2-23-14-8-10(7-13(15(14)20)19(21)22)9-17-18-12-5-3-11(16)4-6-12/h3-9,18,20H,2H2,1H3/b17-9+. The monoisotopic (exact) mass is 379 g/mol. The molecule has 0 spiro atoms. The van der Waals surface area contributed by atoms with Crippen molar-refractivity contribution in [2.24, 2.45) is 5.10 Å². The molecule has 2 aromatic carbocycles. The number of aromatic hydroxyl groups is 1. The molecule has 0 atom stereocenters. The molecule has 0 aliphatic carbocycles. The number of nitrogens with one attached hydrogen (secondary N) is 1. The summed E-state index contributed by atoms with van der Waals surface area (Å²) in [5, 5.41) is 24.8. The molecule has 0 aliphatic rings. The first-order valence-electron chi connectivity index (χ1n) is 6.70. The van der Waals surface area contributed by atoms with E-state index in [4.69, 9.17) is 4.74 Å². The van der Waals surface area contributed by atoms with Crippen molar-refractivity contribution >= 4 is 33.5 Å². The lowest BCUT2D eigenvalue weighted by Crippen LogP contribution is -1.98. The highest BCUT2D eigenvalue weighted by Crippen LogP contribution is 2.36. The topological polar surface area (TPSA) is 97.0 Å². The highest BCUT2D eigenvalue weighted by Gasteiger charge is 2.19. The van der Waals surface area contributed by atoms with Gasteiger partial charge in [-0.15, -0.1) is 0 Å². The molecular weight excluding hydrogens is 366 g/mol. The smallest absolute Gasteiger partial charge is 0.315 e. The fraction of sp³-hybridized carbons (Fsp3) is 0.133. The normalized spacial score (nSPS) is 10.7. The van der Waals surface area contributed by atoms with Crippen LogP contribution < -0.4 is 10.2 Å². The Kier molecular flexibility index (Phi) is 5.53. The average molecular weight is 380 g/mol. The molecule has 0 radical (unpaired) electrons. The van der Waals surface area contributed by atoms with Gasteiger partial charge < -0.3 is 9.84 Å². The Balaban J connectivity index is 2.22. The van der Waals surface area contributed by atoms with Crippen molar-refractivity contribution in [1.82, 2.24) is 0 Å². The number of ether oxygens (including phenoxy) is 1. The first kappa shape index (κ1) is 16.8. The predicted octanol–water partition coefficient (Wildman–Crippen LogP) is 3.91. The second kappa shape index (κ2) is 7.59. The largest absolute Gasteiger partial charge is 0.500 e. The van der Waals surface area contributed by atoms with Gasteiger partial charge in [-0.2, -0.15) is 5.10 Å². The minimum atomic E-state index is -0.669. The molecule has 0 saturated heterocycles. The molecule has 2 N–H and O–H groups in total. The zero-order chi connectivity index (χ0) is 16.8. The molecule has 7 nitrogen and oxygen atoms in total. The van der Waals surface area contributed by atoms with Crippen LogP contribution in [0, 0.1) is 10.1 Å². The van der Waals surface area contributed by atoms with E-state index in [2.05, 4.69) is 26.5 Å². The van der Waals surface area contributed by atoms with Crippen LogP contribution in [0.3, 0.4) is 0 Å². The third-order valence-corrected chi connectivity index (χ3v) is 3.35. The fourth-order valence-electron chi connectivity index (χ4n) is 1.80. The lowest BCUT2D eigenvalue weighted by molar-refractivity contribution is -0.386. The summed E-state index contributed by atoms with van der Waals surface area (Å²) in [4.78, 5) is 10.3. The first-order valence-corrected chi connectivity index (χ1v) is 7.49. The maximum Gasteiger partial charge on any atom is 0.315 e. The molecule has 0 saturated carbocycles. The van der Waals surface area contributed by atoms with Gasteiger partial charge in [0.2, 0.25) is 5.75 Å². The average Bonchev–Trinajstić information content (AvgIpc) is 2.52. The van der Waals surface area contributed by atoms with E-state index in [1.807, 2.05) is 24.3 Å². The van der Waals surface area contributed by atoms with Crippen LogP contribution in [0.5, 0.6) is 11.5 Å². The van der Waals surface area contributed by atoms with Crippen LogP contribution in [0.1, 0.15) is 12.5 Å². The summed E-state index contributed by atoms with van der Waals surface area (Å²) in [5.41, 5.74) is 3.58. The van der Waals surface area contributed by atoms with Crippen LogP contribution in [-0.2, 0) is 0 Å². The molecule has 2 rings (SSSR count). The number of hydrogen-bond acceptors (Lipinski definition) is 6. The Labute approximate surface area is 140 Å². The Morgan fingerprint density at radius 1 is 1.39 bits per heavy atom. The number of rotatable bonds is 6. The number of phenolic OH excluding ortho intramolecular Hbond substituents is 1. The highest BCUT2D eigenvalue weighted by atomic mass is 79.9. The summed E-state index contributed by atoms with van der Waals surface area (Å²) in [6.45, 7) is 2.00. The molecule has 0 aliphatic heterocycles. The van der Waals surface area contributed by atoms with E-state index >= 15 is 0 Å². The highest BCUT2D eigenvalue weighted by molar-refractivity contribution is 9.10.